The summed E-state index contributed by atoms with van der Waals surface area (Å²) >= 11 is 1.41. The van der Waals surface area contributed by atoms with Crippen molar-refractivity contribution in [2.24, 2.45) is 0 Å². The monoisotopic (exact) mass is 350 g/mol. The number of aryl methyl sites for hydroxylation is 1. The minimum Gasteiger partial charge on any atom is -0.489 e. The Morgan fingerprint density at radius 3 is 2.68 bits per heavy atom. The van der Waals surface area contributed by atoms with E-state index in [1.165, 1.54) is 16.9 Å². The first-order chi connectivity index (χ1) is 12.1. The lowest BCUT2D eigenvalue weighted by molar-refractivity contribution is -0.130. The predicted octanol–water partition coefficient (Wildman–Crippen LogP) is 5.26. The average molecular weight is 350 g/mol. The molecule has 0 aliphatic carbocycles. The van der Waals surface area contributed by atoms with Crippen LogP contribution in [-0.2, 0) is 11.4 Å². The van der Waals surface area contributed by atoms with Gasteiger partial charge in [0.1, 0.15) is 12.4 Å². The zero-order valence-electron chi connectivity index (χ0n) is 13.8. The second kappa shape index (κ2) is 7.81. The summed E-state index contributed by atoms with van der Waals surface area (Å²) in [6, 6.07) is 19.3. The van der Waals surface area contributed by atoms with Crippen molar-refractivity contribution in [3.63, 3.8) is 0 Å². The molecule has 3 aromatic rings. The second-order valence-corrected chi connectivity index (χ2v) is 6.64. The molecule has 0 aliphatic rings. The van der Waals surface area contributed by atoms with Crippen molar-refractivity contribution in [3.8, 4) is 5.75 Å². The molecule has 1 aromatic heterocycles. The minimum atomic E-state index is -0.937. The molecule has 3 nitrogen and oxygen atoms in total. The van der Waals surface area contributed by atoms with E-state index in [4.69, 9.17) is 4.74 Å². The maximum atomic E-state index is 11.5. The molecule has 4 heteroatoms. The summed E-state index contributed by atoms with van der Waals surface area (Å²) < 4.78 is 5.85. The molecule has 2 aromatic carbocycles. The van der Waals surface area contributed by atoms with Crippen LogP contribution in [0.2, 0.25) is 0 Å². The molecule has 0 saturated heterocycles. The van der Waals surface area contributed by atoms with Gasteiger partial charge in [-0.3, -0.25) is 0 Å². The standard InChI is InChI=1S/C21H18O3S/c1-15-5-2-7-17(11-15)14-24-18-8-3-6-16(12-18)13-19(21(22)23)20-9-4-10-25-20/h2-13H,14H2,1H3,(H,22,23)/b19-13-. The lowest BCUT2D eigenvalue weighted by Crippen LogP contribution is -1.98. The third-order valence-electron chi connectivity index (χ3n) is 3.67. The molecule has 0 fully saturated rings. The Hall–Kier alpha value is -2.85. The normalized spacial score (nSPS) is 11.3. The van der Waals surface area contributed by atoms with Gasteiger partial charge in [-0.2, -0.15) is 0 Å². The van der Waals surface area contributed by atoms with Crippen LogP contribution in [0.25, 0.3) is 11.6 Å². The number of thiophene rings is 1. The highest BCUT2D eigenvalue weighted by atomic mass is 32.1. The van der Waals surface area contributed by atoms with Crippen LogP contribution in [0.3, 0.4) is 0 Å². The van der Waals surface area contributed by atoms with Crippen molar-refractivity contribution in [1.29, 1.82) is 0 Å². The number of hydrogen-bond acceptors (Lipinski definition) is 3. The summed E-state index contributed by atoms with van der Waals surface area (Å²) in [6.45, 7) is 2.53. The summed E-state index contributed by atoms with van der Waals surface area (Å²) in [5.41, 5.74) is 3.38. The molecular formula is C21H18O3S. The summed E-state index contributed by atoms with van der Waals surface area (Å²) in [6.07, 6.45) is 1.67. The summed E-state index contributed by atoms with van der Waals surface area (Å²) in [7, 11) is 0. The van der Waals surface area contributed by atoms with Crippen LogP contribution >= 0.6 is 11.3 Å². The molecule has 0 spiro atoms. The number of aliphatic carboxylic acids is 1. The first kappa shape index (κ1) is 17.0. The zero-order chi connectivity index (χ0) is 17.6. The maximum Gasteiger partial charge on any atom is 0.337 e. The lowest BCUT2D eigenvalue weighted by atomic mass is 10.1. The molecule has 126 valence electrons. The van der Waals surface area contributed by atoms with Crippen molar-refractivity contribution in [2.75, 3.05) is 0 Å². The zero-order valence-corrected chi connectivity index (χ0v) is 14.6. The Morgan fingerprint density at radius 1 is 1.12 bits per heavy atom. The van der Waals surface area contributed by atoms with E-state index in [2.05, 4.69) is 6.07 Å². The average Bonchev–Trinajstić information content (AvgIpc) is 3.12. The highest BCUT2D eigenvalue weighted by molar-refractivity contribution is 7.11. The van der Waals surface area contributed by atoms with Gasteiger partial charge in [0.15, 0.2) is 0 Å². The van der Waals surface area contributed by atoms with E-state index >= 15 is 0 Å². The van der Waals surface area contributed by atoms with Gasteiger partial charge in [-0.15, -0.1) is 11.3 Å². The molecule has 0 radical (unpaired) electrons. The topological polar surface area (TPSA) is 46.5 Å². The maximum absolute atomic E-state index is 11.5. The van der Waals surface area contributed by atoms with E-state index in [9.17, 15) is 9.90 Å². The van der Waals surface area contributed by atoms with Gasteiger partial charge in [-0.25, -0.2) is 4.79 Å². The molecular weight excluding hydrogens is 332 g/mol. The third-order valence-corrected chi connectivity index (χ3v) is 4.58. The summed E-state index contributed by atoms with van der Waals surface area (Å²) in [4.78, 5) is 12.3. The van der Waals surface area contributed by atoms with Crippen molar-refractivity contribution in [3.05, 3.63) is 87.6 Å². The predicted molar refractivity (Wildman–Crippen MR) is 102 cm³/mol. The number of carbonyl (C=O) groups is 1. The third kappa shape index (κ3) is 4.58. The van der Waals surface area contributed by atoms with Gasteiger partial charge in [-0.05, 0) is 47.7 Å². The van der Waals surface area contributed by atoms with Gasteiger partial charge in [0.2, 0.25) is 0 Å². The number of hydrogen-bond donors (Lipinski definition) is 1. The summed E-state index contributed by atoms with van der Waals surface area (Å²) in [5, 5.41) is 11.3. The minimum absolute atomic E-state index is 0.283. The summed E-state index contributed by atoms with van der Waals surface area (Å²) in [5.74, 6) is -0.222. The fraction of sp³-hybridized carbons (Fsp3) is 0.0952. The molecule has 0 amide bonds. The van der Waals surface area contributed by atoms with Crippen LogP contribution in [0.4, 0.5) is 0 Å². The largest absolute Gasteiger partial charge is 0.489 e. The van der Waals surface area contributed by atoms with Crippen LogP contribution in [0, 0.1) is 6.92 Å². The van der Waals surface area contributed by atoms with Crippen LogP contribution in [-0.4, -0.2) is 11.1 Å². The highest BCUT2D eigenvalue weighted by Crippen LogP contribution is 2.25. The van der Waals surface area contributed by atoms with Gasteiger partial charge in [0.05, 0.1) is 5.57 Å². The fourth-order valence-corrected chi connectivity index (χ4v) is 3.23. The smallest absolute Gasteiger partial charge is 0.337 e. The molecule has 0 saturated carbocycles. The Kier molecular flexibility index (Phi) is 5.31. The Morgan fingerprint density at radius 2 is 1.96 bits per heavy atom. The van der Waals surface area contributed by atoms with Crippen LogP contribution in [0.1, 0.15) is 21.6 Å². The van der Waals surface area contributed by atoms with Crippen LogP contribution in [0.15, 0.2) is 66.0 Å². The SMILES string of the molecule is Cc1cccc(COc2cccc(/C=C(\C(=O)O)c3cccs3)c2)c1. The van der Waals surface area contributed by atoms with Crippen LogP contribution < -0.4 is 4.74 Å². The molecule has 25 heavy (non-hydrogen) atoms. The first-order valence-electron chi connectivity index (χ1n) is 7.89. The molecule has 0 unspecified atom stereocenters. The number of benzene rings is 2. The molecule has 0 bridgehead atoms. The molecule has 0 aliphatic heterocycles. The molecule has 1 heterocycles. The number of carboxylic acids is 1. The van der Waals surface area contributed by atoms with E-state index in [1.54, 1.807) is 6.08 Å². The van der Waals surface area contributed by atoms with Crippen molar-refractivity contribution < 1.29 is 14.6 Å². The molecule has 3 rings (SSSR count). The fourth-order valence-electron chi connectivity index (χ4n) is 2.50. The van der Waals surface area contributed by atoms with Gasteiger partial charge in [0.25, 0.3) is 0 Å². The molecule has 0 atom stereocenters. The van der Waals surface area contributed by atoms with E-state index in [1.807, 2.05) is 66.9 Å². The van der Waals surface area contributed by atoms with Gasteiger partial charge in [0, 0.05) is 4.88 Å². The van der Waals surface area contributed by atoms with Crippen molar-refractivity contribution in [2.45, 2.75) is 13.5 Å². The Labute approximate surface area is 150 Å². The van der Waals surface area contributed by atoms with Gasteiger partial charge < -0.3 is 9.84 Å². The quantitative estimate of drug-likeness (QED) is 0.617. The van der Waals surface area contributed by atoms with E-state index < -0.39 is 5.97 Å². The first-order valence-corrected chi connectivity index (χ1v) is 8.77. The number of rotatable bonds is 6. The second-order valence-electron chi connectivity index (χ2n) is 5.69. The number of ether oxygens (including phenoxy) is 1. The van der Waals surface area contributed by atoms with E-state index in [0.717, 1.165) is 16.0 Å². The van der Waals surface area contributed by atoms with Crippen molar-refractivity contribution >= 4 is 29.0 Å². The molecule has 1 N–H and O–H groups in total. The van der Waals surface area contributed by atoms with E-state index in [-0.39, 0.29) is 5.57 Å². The van der Waals surface area contributed by atoms with Gasteiger partial charge >= 0.3 is 5.97 Å². The number of carboxylic acid groups (broad SMARTS) is 1. The van der Waals surface area contributed by atoms with Crippen LogP contribution in [0.5, 0.6) is 5.75 Å². The Balaban J connectivity index is 1.79. The lowest BCUT2D eigenvalue weighted by Gasteiger charge is -2.08. The highest BCUT2D eigenvalue weighted by Gasteiger charge is 2.11. The van der Waals surface area contributed by atoms with Crippen molar-refractivity contribution in [1.82, 2.24) is 0 Å². The van der Waals surface area contributed by atoms with Gasteiger partial charge in [-0.1, -0.05) is 48.0 Å². The Bertz CT molecular complexity index is 895. The van der Waals surface area contributed by atoms with E-state index in [0.29, 0.717) is 12.4 Å².